The van der Waals surface area contributed by atoms with Crippen LogP contribution >= 0.6 is 0 Å². The van der Waals surface area contributed by atoms with Crippen LogP contribution in [0.5, 0.6) is 0 Å². The average Bonchev–Trinajstić information content (AvgIpc) is 3.36. The van der Waals surface area contributed by atoms with E-state index in [1.54, 1.807) is 0 Å². The lowest BCUT2D eigenvalue weighted by molar-refractivity contribution is -0.125. The highest BCUT2D eigenvalue weighted by atomic mass is 16.6. The Kier molecular flexibility index (Phi) is 3.29. The van der Waals surface area contributed by atoms with Gasteiger partial charge in [-0.15, -0.1) is 0 Å². The number of hydrogen-bond donors (Lipinski definition) is 1. The molecule has 24 heavy (non-hydrogen) atoms. The summed E-state index contributed by atoms with van der Waals surface area (Å²) in [4.78, 5) is 13.1. The molecule has 4 heteroatoms. The van der Waals surface area contributed by atoms with Crippen molar-refractivity contribution in [3.8, 4) is 0 Å². The first-order valence-corrected chi connectivity index (χ1v) is 9.36. The number of hydrogen-bond acceptors (Lipinski definition) is 4. The lowest BCUT2D eigenvalue weighted by atomic mass is 9.56. The molecule has 0 radical (unpaired) electrons. The zero-order valence-corrected chi connectivity index (χ0v) is 15.5. The summed E-state index contributed by atoms with van der Waals surface area (Å²) in [7, 11) is 0. The fraction of sp³-hybridized carbons (Fsp3) is 0.850. The van der Waals surface area contributed by atoms with Crippen LogP contribution in [0.4, 0.5) is 0 Å². The SMILES string of the molecule is C[C@H]1CC=C2C(=O)[C@@H]3O[C@@]3(C)CC[C@H]3O[C@]3(C)CC[C@@]1(C)[C@]2(C)O. The molecule has 4 nitrogen and oxygen atoms in total. The molecule has 1 N–H and O–H groups in total. The van der Waals surface area contributed by atoms with E-state index in [1.807, 2.05) is 19.9 Å². The van der Waals surface area contributed by atoms with Crippen molar-refractivity contribution in [3.63, 3.8) is 0 Å². The minimum Gasteiger partial charge on any atom is -0.385 e. The van der Waals surface area contributed by atoms with E-state index >= 15 is 0 Å². The van der Waals surface area contributed by atoms with Gasteiger partial charge >= 0.3 is 0 Å². The molecule has 2 heterocycles. The molecule has 2 aliphatic carbocycles. The Balaban J connectivity index is 1.74. The minimum atomic E-state index is -1.13. The van der Waals surface area contributed by atoms with Gasteiger partial charge in [0.15, 0.2) is 5.78 Å². The molecule has 2 bridgehead atoms. The Morgan fingerprint density at radius 3 is 2.50 bits per heavy atom. The number of allylic oxidation sites excluding steroid dienone is 1. The van der Waals surface area contributed by atoms with Crippen molar-refractivity contribution in [2.75, 3.05) is 0 Å². The predicted octanol–water partition coefficient (Wildman–Crippen LogP) is 3.17. The fourth-order valence-corrected chi connectivity index (χ4v) is 5.07. The lowest BCUT2D eigenvalue weighted by Gasteiger charge is -2.51. The van der Waals surface area contributed by atoms with Crippen molar-refractivity contribution < 1.29 is 19.4 Å². The number of carbonyl (C=O) groups excluding carboxylic acids is 1. The maximum Gasteiger partial charge on any atom is 0.193 e. The molecule has 0 unspecified atom stereocenters. The van der Waals surface area contributed by atoms with E-state index in [0.29, 0.717) is 11.5 Å². The third kappa shape index (κ3) is 2.12. The first-order chi connectivity index (χ1) is 11.0. The van der Waals surface area contributed by atoms with Crippen LogP contribution in [0.2, 0.25) is 0 Å². The van der Waals surface area contributed by atoms with Crippen LogP contribution in [0.1, 0.15) is 66.7 Å². The lowest BCUT2D eigenvalue weighted by Crippen LogP contribution is -2.54. The number of fused-ring (bicyclic) bond motifs is 4. The summed E-state index contributed by atoms with van der Waals surface area (Å²) in [6, 6.07) is 0. The van der Waals surface area contributed by atoms with Crippen LogP contribution in [-0.4, -0.2) is 39.9 Å². The van der Waals surface area contributed by atoms with Crippen LogP contribution in [0.3, 0.4) is 0 Å². The number of epoxide rings is 2. The maximum atomic E-state index is 13.1. The molecule has 4 aliphatic rings. The Hall–Kier alpha value is -0.710. The topological polar surface area (TPSA) is 62.4 Å². The second kappa shape index (κ2) is 4.72. The predicted molar refractivity (Wildman–Crippen MR) is 90.6 cm³/mol. The molecule has 0 aromatic carbocycles. The van der Waals surface area contributed by atoms with E-state index in [-0.39, 0.29) is 28.5 Å². The number of aliphatic hydroxyl groups is 1. The van der Waals surface area contributed by atoms with Crippen molar-refractivity contribution in [1.29, 1.82) is 0 Å². The van der Waals surface area contributed by atoms with Crippen molar-refractivity contribution in [2.24, 2.45) is 11.3 Å². The quantitative estimate of drug-likeness (QED) is 0.691. The first-order valence-electron chi connectivity index (χ1n) is 9.36. The maximum absolute atomic E-state index is 13.1. The molecule has 4 rings (SSSR count). The van der Waals surface area contributed by atoms with Gasteiger partial charge in [0.05, 0.1) is 17.3 Å². The van der Waals surface area contributed by atoms with Crippen molar-refractivity contribution >= 4 is 5.78 Å². The monoisotopic (exact) mass is 334 g/mol. The molecule has 134 valence electrons. The molecule has 0 amide bonds. The van der Waals surface area contributed by atoms with Gasteiger partial charge in [-0.2, -0.15) is 0 Å². The molecule has 0 spiro atoms. The fourth-order valence-electron chi connectivity index (χ4n) is 5.07. The molecule has 7 atom stereocenters. The highest BCUT2D eigenvalue weighted by Crippen LogP contribution is 2.57. The molecular weight excluding hydrogens is 304 g/mol. The summed E-state index contributed by atoms with van der Waals surface area (Å²) in [5, 5.41) is 11.5. The van der Waals surface area contributed by atoms with Crippen molar-refractivity contribution in [1.82, 2.24) is 0 Å². The second-order valence-electron chi connectivity index (χ2n) is 9.38. The van der Waals surface area contributed by atoms with E-state index in [9.17, 15) is 9.90 Å². The van der Waals surface area contributed by atoms with Crippen LogP contribution in [0, 0.1) is 11.3 Å². The van der Waals surface area contributed by atoms with E-state index < -0.39 is 11.7 Å². The van der Waals surface area contributed by atoms with Crippen LogP contribution < -0.4 is 0 Å². The number of ether oxygens (including phenoxy) is 2. The number of Topliss-reactive ketones (excluding diaryl/α,β-unsaturated/α-hetero) is 1. The van der Waals surface area contributed by atoms with Crippen molar-refractivity contribution in [3.05, 3.63) is 11.6 Å². The average molecular weight is 334 g/mol. The molecule has 2 saturated heterocycles. The third-order valence-electron chi connectivity index (χ3n) is 7.87. The summed E-state index contributed by atoms with van der Waals surface area (Å²) in [5.74, 6) is 0.306. The van der Waals surface area contributed by atoms with Gasteiger partial charge in [-0.1, -0.05) is 19.9 Å². The molecule has 0 aromatic heterocycles. The number of ketones is 1. The van der Waals surface area contributed by atoms with Gasteiger partial charge in [-0.3, -0.25) is 4.79 Å². The zero-order chi connectivity index (χ0) is 17.5. The van der Waals surface area contributed by atoms with Gasteiger partial charge in [-0.25, -0.2) is 0 Å². The summed E-state index contributed by atoms with van der Waals surface area (Å²) < 4.78 is 11.8. The smallest absolute Gasteiger partial charge is 0.193 e. The minimum absolute atomic E-state index is 0.0133. The molecule has 2 aliphatic heterocycles. The molecular formula is C20H30O4. The van der Waals surface area contributed by atoms with Gasteiger partial charge in [-0.05, 0) is 58.8 Å². The number of rotatable bonds is 0. The summed E-state index contributed by atoms with van der Waals surface area (Å²) in [5.41, 5.74) is -1.37. The summed E-state index contributed by atoms with van der Waals surface area (Å²) in [6.45, 7) is 10.3. The van der Waals surface area contributed by atoms with E-state index in [4.69, 9.17) is 9.47 Å². The third-order valence-corrected chi connectivity index (χ3v) is 7.87. The Morgan fingerprint density at radius 1 is 1.08 bits per heavy atom. The molecule has 3 fully saturated rings. The van der Waals surface area contributed by atoms with Gasteiger partial charge < -0.3 is 14.6 Å². The van der Waals surface area contributed by atoms with E-state index in [2.05, 4.69) is 20.8 Å². The van der Waals surface area contributed by atoms with Gasteiger partial charge in [0.2, 0.25) is 0 Å². The summed E-state index contributed by atoms with van der Waals surface area (Å²) in [6.07, 6.45) is 6.22. The highest BCUT2D eigenvalue weighted by molar-refractivity contribution is 6.03. The largest absolute Gasteiger partial charge is 0.385 e. The van der Waals surface area contributed by atoms with Crippen LogP contribution in [0.15, 0.2) is 11.6 Å². The Bertz CT molecular complexity index is 623. The van der Waals surface area contributed by atoms with E-state index in [1.165, 1.54) is 0 Å². The van der Waals surface area contributed by atoms with Gasteiger partial charge in [0.1, 0.15) is 11.7 Å². The normalized spacial score (nSPS) is 57.0. The van der Waals surface area contributed by atoms with Crippen molar-refractivity contribution in [2.45, 2.75) is 95.7 Å². The van der Waals surface area contributed by atoms with Crippen LogP contribution in [0.25, 0.3) is 0 Å². The van der Waals surface area contributed by atoms with Gasteiger partial charge in [0, 0.05) is 11.0 Å². The zero-order valence-electron chi connectivity index (χ0n) is 15.5. The Labute approximate surface area is 144 Å². The number of carbonyl (C=O) groups is 1. The van der Waals surface area contributed by atoms with Crippen LogP contribution in [-0.2, 0) is 14.3 Å². The molecule has 1 saturated carbocycles. The Morgan fingerprint density at radius 2 is 1.79 bits per heavy atom. The first kappa shape index (κ1) is 16.7. The summed E-state index contributed by atoms with van der Waals surface area (Å²) >= 11 is 0. The van der Waals surface area contributed by atoms with E-state index in [0.717, 1.165) is 32.1 Å². The second-order valence-corrected chi connectivity index (χ2v) is 9.38. The molecule has 0 aromatic rings. The van der Waals surface area contributed by atoms with Gasteiger partial charge in [0.25, 0.3) is 0 Å². The standard InChI is InChI=1S/C20H30O4/c1-12-6-7-13-15(21)16-19(4,24-16)9-8-14-18(3,23-14)11-10-17(12,2)20(13,5)22/h7,12,14,16,22H,6,8-11H2,1-5H3/t12-,14+,16-,17+,18+,19-,20+/m0/s1. The highest BCUT2D eigenvalue weighted by Gasteiger charge is 2.64.